The average molecular weight is 397 g/mol. The van der Waals surface area contributed by atoms with Gasteiger partial charge in [-0.05, 0) is 36.8 Å². The van der Waals surface area contributed by atoms with E-state index in [4.69, 9.17) is 11.6 Å². The number of halogens is 3. The molecule has 2 unspecified atom stereocenters. The summed E-state index contributed by atoms with van der Waals surface area (Å²) < 4.78 is 41.8. The minimum atomic E-state index is -3.80. The van der Waals surface area contributed by atoms with Gasteiger partial charge in [0.1, 0.15) is 10.7 Å². The van der Waals surface area contributed by atoms with Crippen molar-refractivity contribution in [3.05, 3.63) is 28.0 Å². The SMILES string of the molecule is O=S(=O)(c1cc(Br)cc(CCl)c1F)N1CC2CCCC2C1. The molecule has 1 saturated carbocycles. The Morgan fingerprint density at radius 3 is 2.48 bits per heavy atom. The molecule has 1 aromatic carbocycles. The van der Waals surface area contributed by atoms with Crippen LogP contribution >= 0.6 is 27.5 Å². The smallest absolute Gasteiger partial charge is 0.207 e. The fourth-order valence-corrected chi connectivity index (χ4v) is 5.97. The molecule has 116 valence electrons. The number of hydrogen-bond acceptors (Lipinski definition) is 2. The molecular formula is C14H16BrClFNO2S. The molecule has 0 aromatic heterocycles. The van der Waals surface area contributed by atoms with Crippen LogP contribution in [0.15, 0.2) is 21.5 Å². The van der Waals surface area contributed by atoms with E-state index in [1.54, 1.807) is 0 Å². The zero-order chi connectivity index (χ0) is 15.2. The van der Waals surface area contributed by atoms with E-state index in [1.807, 2.05) is 0 Å². The predicted molar refractivity (Wildman–Crippen MR) is 83.2 cm³/mol. The predicted octanol–water partition coefficient (Wildman–Crippen LogP) is 3.75. The van der Waals surface area contributed by atoms with Crippen LogP contribution < -0.4 is 0 Å². The van der Waals surface area contributed by atoms with Crippen LogP contribution in [0.4, 0.5) is 4.39 Å². The molecule has 2 fully saturated rings. The molecule has 3 nitrogen and oxygen atoms in total. The Hall–Kier alpha value is -0.170. The maximum atomic E-state index is 14.4. The molecule has 0 N–H and O–H groups in total. The van der Waals surface area contributed by atoms with E-state index < -0.39 is 15.8 Å². The summed E-state index contributed by atoms with van der Waals surface area (Å²) >= 11 is 8.92. The molecule has 0 amide bonds. The van der Waals surface area contributed by atoms with Gasteiger partial charge in [0.15, 0.2) is 0 Å². The Balaban J connectivity index is 1.97. The van der Waals surface area contributed by atoms with Gasteiger partial charge in [0.2, 0.25) is 10.0 Å². The van der Waals surface area contributed by atoms with Crippen molar-refractivity contribution in [1.82, 2.24) is 4.31 Å². The lowest BCUT2D eigenvalue weighted by molar-refractivity contribution is 0.440. The van der Waals surface area contributed by atoms with Gasteiger partial charge in [-0.1, -0.05) is 22.4 Å². The topological polar surface area (TPSA) is 37.4 Å². The van der Waals surface area contributed by atoms with E-state index in [9.17, 15) is 12.8 Å². The molecule has 1 aromatic rings. The Morgan fingerprint density at radius 2 is 1.90 bits per heavy atom. The summed E-state index contributed by atoms with van der Waals surface area (Å²) in [4.78, 5) is -0.271. The normalized spacial score (nSPS) is 26.2. The van der Waals surface area contributed by atoms with E-state index in [1.165, 1.54) is 22.9 Å². The summed E-state index contributed by atoms with van der Waals surface area (Å²) in [5, 5.41) is 0. The average Bonchev–Trinajstić information content (AvgIpc) is 3.01. The number of rotatable bonds is 3. The number of hydrogen-bond donors (Lipinski definition) is 0. The molecule has 1 aliphatic carbocycles. The third-order valence-corrected chi connectivity index (χ3v) is 7.11. The summed E-state index contributed by atoms with van der Waals surface area (Å²) in [5.41, 5.74) is 0.198. The number of fused-ring (bicyclic) bond motifs is 1. The number of alkyl halides is 1. The zero-order valence-corrected chi connectivity index (χ0v) is 14.5. The van der Waals surface area contributed by atoms with Crippen molar-refractivity contribution in [2.24, 2.45) is 11.8 Å². The Bertz CT molecular complexity index is 655. The van der Waals surface area contributed by atoms with Gasteiger partial charge in [-0.25, -0.2) is 12.8 Å². The van der Waals surface area contributed by atoms with Gasteiger partial charge in [0.05, 0.1) is 5.88 Å². The van der Waals surface area contributed by atoms with Gasteiger partial charge in [0.25, 0.3) is 0 Å². The third kappa shape index (κ3) is 2.76. The van der Waals surface area contributed by atoms with Crippen molar-refractivity contribution >= 4 is 37.6 Å². The van der Waals surface area contributed by atoms with Crippen molar-refractivity contribution < 1.29 is 12.8 Å². The highest BCUT2D eigenvalue weighted by Gasteiger charge is 2.42. The van der Waals surface area contributed by atoms with Gasteiger partial charge in [-0.3, -0.25) is 0 Å². The summed E-state index contributed by atoms with van der Waals surface area (Å²) in [6.45, 7) is 1.02. The zero-order valence-electron chi connectivity index (χ0n) is 11.4. The molecule has 1 saturated heterocycles. The molecule has 0 spiro atoms. The summed E-state index contributed by atoms with van der Waals surface area (Å²) in [5.74, 6) is 0.0780. The van der Waals surface area contributed by atoms with E-state index in [0.717, 1.165) is 12.8 Å². The largest absolute Gasteiger partial charge is 0.246 e. The molecule has 2 aliphatic rings. The molecule has 21 heavy (non-hydrogen) atoms. The van der Waals surface area contributed by atoms with Crippen LogP contribution in [-0.2, 0) is 15.9 Å². The van der Waals surface area contributed by atoms with Crippen LogP contribution in [0.25, 0.3) is 0 Å². The molecular weight excluding hydrogens is 381 g/mol. The standard InChI is InChI=1S/C14H16BrClFNO2S/c15-12-4-11(6-16)14(17)13(5-12)21(19,20)18-7-9-2-1-3-10(9)8-18/h4-5,9-10H,1-3,6-8H2. The number of benzene rings is 1. The third-order valence-electron chi connectivity index (χ3n) is 4.53. The fraction of sp³-hybridized carbons (Fsp3) is 0.571. The Morgan fingerprint density at radius 1 is 1.29 bits per heavy atom. The monoisotopic (exact) mass is 395 g/mol. The first-order chi connectivity index (χ1) is 9.93. The minimum absolute atomic E-state index is 0.0565. The second-order valence-corrected chi connectivity index (χ2v) is 8.87. The molecule has 1 heterocycles. The van der Waals surface area contributed by atoms with Crippen LogP contribution in [0.2, 0.25) is 0 Å². The first-order valence-corrected chi connectivity index (χ1v) is 9.74. The highest BCUT2D eigenvalue weighted by molar-refractivity contribution is 9.10. The Kier molecular flexibility index (Phi) is 4.34. The van der Waals surface area contributed by atoms with E-state index in [2.05, 4.69) is 15.9 Å². The summed E-state index contributed by atoms with van der Waals surface area (Å²) in [7, 11) is -3.80. The highest BCUT2D eigenvalue weighted by Crippen LogP contribution is 2.40. The van der Waals surface area contributed by atoms with Crippen molar-refractivity contribution in [1.29, 1.82) is 0 Å². The minimum Gasteiger partial charge on any atom is -0.207 e. The van der Waals surface area contributed by atoms with Gasteiger partial charge < -0.3 is 0 Å². The highest BCUT2D eigenvalue weighted by atomic mass is 79.9. The lowest BCUT2D eigenvalue weighted by atomic mass is 10.0. The summed E-state index contributed by atoms with van der Waals surface area (Å²) in [6.07, 6.45) is 3.32. The lowest BCUT2D eigenvalue weighted by Gasteiger charge is -2.18. The van der Waals surface area contributed by atoms with Gasteiger partial charge in [0, 0.05) is 23.1 Å². The first-order valence-electron chi connectivity index (χ1n) is 6.97. The van der Waals surface area contributed by atoms with E-state index in [-0.39, 0.29) is 16.3 Å². The second-order valence-electron chi connectivity index (χ2n) is 5.78. The van der Waals surface area contributed by atoms with Crippen LogP contribution in [0.5, 0.6) is 0 Å². The maximum absolute atomic E-state index is 14.4. The first kappa shape index (κ1) is 15.7. The van der Waals surface area contributed by atoms with Crippen LogP contribution in [0.1, 0.15) is 24.8 Å². The molecule has 7 heteroatoms. The molecule has 0 radical (unpaired) electrons. The van der Waals surface area contributed by atoms with Gasteiger partial charge >= 0.3 is 0 Å². The van der Waals surface area contributed by atoms with Crippen molar-refractivity contribution in [2.75, 3.05) is 13.1 Å². The quantitative estimate of drug-likeness (QED) is 0.730. The Labute approximate surface area is 137 Å². The second kappa shape index (κ2) is 5.80. The lowest BCUT2D eigenvalue weighted by Crippen LogP contribution is -2.30. The molecule has 0 bridgehead atoms. The van der Waals surface area contributed by atoms with E-state index in [0.29, 0.717) is 29.4 Å². The fourth-order valence-electron chi connectivity index (χ4n) is 3.43. The van der Waals surface area contributed by atoms with Gasteiger partial charge in [-0.2, -0.15) is 4.31 Å². The molecule has 1 aliphatic heterocycles. The van der Waals surface area contributed by atoms with Crippen molar-refractivity contribution in [3.8, 4) is 0 Å². The van der Waals surface area contributed by atoms with E-state index >= 15 is 0 Å². The van der Waals surface area contributed by atoms with Gasteiger partial charge in [-0.15, -0.1) is 11.6 Å². The maximum Gasteiger partial charge on any atom is 0.246 e. The van der Waals surface area contributed by atoms with Crippen molar-refractivity contribution in [2.45, 2.75) is 30.0 Å². The molecule has 3 rings (SSSR count). The summed E-state index contributed by atoms with van der Waals surface area (Å²) in [6, 6.07) is 2.84. The van der Waals surface area contributed by atoms with Crippen LogP contribution in [0.3, 0.4) is 0 Å². The van der Waals surface area contributed by atoms with Crippen LogP contribution in [0, 0.1) is 17.7 Å². The van der Waals surface area contributed by atoms with Crippen molar-refractivity contribution in [3.63, 3.8) is 0 Å². The number of sulfonamides is 1. The van der Waals surface area contributed by atoms with Crippen LogP contribution in [-0.4, -0.2) is 25.8 Å². The number of nitrogens with zero attached hydrogens (tertiary/aromatic N) is 1. The molecule has 2 atom stereocenters.